The average molecular weight is 300 g/mol. The summed E-state index contributed by atoms with van der Waals surface area (Å²) in [7, 11) is 0. The first kappa shape index (κ1) is 15.3. The van der Waals surface area contributed by atoms with Gasteiger partial charge in [0.25, 0.3) is 0 Å². The molecule has 118 valence electrons. The molecule has 0 aromatic heterocycles. The zero-order valence-corrected chi connectivity index (χ0v) is 12.9. The molecule has 0 radical (unpaired) electrons. The van der Waals surface area contributed by atoms with Gasteiger partial charge in [-0.3, -0.25) is 9.69 Å². The summed E-state index contributed by atoms with van der Waals surface area (Å²) in [6.07, 6.45) is 4.13. The van der Waals surface area contributed by atoms with E-state index >= 15 is 0 Å². The van der Waals surface area contributed by atoms with Crippen LogP contribution in [-0.4, -0.2) is 48.2 Å². The van der Waals surface area contributed by atoms with Crippen molar-refractivity contribution >= 4 is 5.91 Å². The first-order chi connectivity index (χ1) is 10.7. The van der Waals surface area contributed by atoms with Gasteiger partial charge in [-0.15, -0.1) is 0 Å². The van der Waals surface area contributed by atoms with E-state index in [0.717, 1.165) is 12.1 Å². The lowest BCUT2D eigenvalue weighted by Gasteiger charge is -2.40. The number of amides is 1. The van der Waals surface area contributed by atoms with Crippen LogP contribution < -0.4 is 5.32 Å². The second kappa shape index (κ2) is 7.07. The highest BCUT2D eigenvalue weighted by Gasteiger charge is 2.29. The minimum Gasteiger partial charge on any atom is -0.391 e. The minimum absolute atomic E-state index is 0.0733. The zero-order valence-electron chi connectivity index (χ0n) is 12.9. The number of carbonyl (C=O) groups excluding carboxylic acids is 1. The number of nitrogens with zero attached hydrogens (tertiary/aromatic N) is 1. The number of fused-ring (bicyclic) bond motifs is 3. The summed E-state index contributed by atoms with van der Waals surface area (Å²) in [5, 5.41) is 12.8. The number of piperidine rings is 3. The molecule has 22 heavy (non-hydrogen) atoms. The topological polar surface area (TPSA) is 52.6 Å². The molecule has 0 spiro atoms. The molecule has 2 bridgehead atoms. The van der Waals surface area contributed by atoms with E-state index in [9.17, 15) is 9.90 Å². The molecule has 3 aliphatic heterocycles. The molecule has 3 heterocycles. The van der Waals surface area contributed by atoms with E-state index < -0.39 is 6.10 Å². The van der Waals surface area contributed by atoms with Crippen LogP contribution in [-0.2, 0) is 11.2 Å². The van der Waals surface area contributed by atoms with Crippen LogP contribution in [0.15, 0.2) is 42.0 Å². The zero-order chi connectivity index (χ0) is 15.4. The summed E-state index contributed by atoms with van der Waals surface area (Å²) >= 11 is 0. The third-order valence-electron chi connectivity index (χ3n) is 4.66. The molecular weight excluding hydrogens is 276 g/mol. The maximum absolute atomic E-state index is 12.0. The molecular formula is C18H24N2O2. The Bertz CT molecular complexity index is 533. The highest BCUT2D eigenvalue weighted by molar-refractivity contribution is 5.88. The molecule has 1 aromatic rings. The van der Waals surface area contributed by atoms with Gasteiger partial charge in [0.15, 0.2) is 0 Å². The van der Waals surface area contributed by atoms with Crippen molar-refractivity contribution in [3.8, 4) is 0 Å². The number of carbonyl (C=O) groups is 1. The van der Waals surface area contributed by atoms with Gasteiger partial charge < -0.3 is 10.4 Å². The van der Waals surface area contributed by atoms with E-state index in [-0.39, 0.29) is 5.91 Å². The fourth-order valence-corrected chi connectivity index (χ4v) is 3.41. The molecule has 2 N–H and O–H groups in total. The normalized spacial score (nSPS) is 26.9. The molecule has 3 saturated heterocycles. The van der Waals surface area contributed by atoms with Crippen molar-refractivity contribution in [2.75, 3.05) is 26.2 Å². The predicted molar refractivity (Wildman–Crippen MR) is 86.4 cm³/mol. The molecule has 1 amide bonds. The number of aliphatic hydroxyl groups excluding tert-OH is 1. The molecule has 0 aliphatic carbocycles. The molecule has 4 nitrogen and oxygen atoms in total. The lowest BCUT2D eigenvalue weighted by molar-refractivity contribution is -0.117. The van der Waals surface area contributed by atoms with Crippen molar-refractivity contribution in [3.63, 3.8) is 0 Å². The highest BCUT2D eigenvalue weighted by Crippen LogP contribution is 2.31. The standard InChI is InChI=1S/C18H24N2O2/c21-17(10-14-4-2-1-3-5-14)12-19-18(22)11-16-13-20-8-6-15(16)7-9-20/h1-5,11,15,17,21H,6-10,12-13H2,(H,19,22)/b16-11-. The van der Waals surface area contributed by atoms with Crippen molar-refractivity contribution in [2.45, 2.75) is 25.4 Å². The Balaban J connectivity index is 1.46. The fraction of sp³-hybridized carbons (Fsp3) is 0.500. The number of rotatable bonds is 5. The van der Waals surface area contributed by atoms with Gasteiger partial charge in [0, 0.05) is 25.6 Å². The average Bonchev–Trinajstić information content (AvgIpc) is 2.55. The molecule has 0 saturated carbocycles. The van der Waals surface area contributed by atoms with Crippen LogP contribution in [0.1, 0.15) is 18.4 Å². The molecule has 4 rings (SSSR count). The summed E-state index contributed by atoms with van der Waals surface area (Å²) in [4.78, 5) is 14.4. The quantitative estimate of drug-likeness (QED) is 0.807. The molecule has 3 aliphatic rings. The van der Waals surface area contributed by atoms with Crippen molar-refractivity contribution in [2.24, 2.45) is 5.92 Å². The van der Waals surface area contributed by atoms with Crippen LogP contribution in [0.25, 0.3) is 0 Å². The SMILES string of the molecule is O=C(/C=C1/CN2CCC1CC2)NCC(O)Cc1ccccc1. The summed E-state index contributed by atoms with van der Waals surface area (Å²) < 4.78 is 0. The van der Waals surface area contributed by atoms with Crippen LogP contribution in [0.4, 0.5) is 0 Å². The van der Waals surface area contributed by atoms with Gasteiger partial charge in [0.1, 0.15) is 0 Å². The van der Waals surface area contributed by atoms with E-state index in [4.69, 9.17) is 0 Å². The fourth-order valence-electron chi connectivity index (χ4n) is 3.41. The van der Waals surface area contributed by atoms with Crippen LogP contribution in [0.2, 0.25) is 0 Å². The Labute approximate surface area is 131 Å². The third kappa shape index (κ3) is 3.96. The van der Waals surface area contributed by atoms with Crippen molar-refractivity contribution in [1.29, 1.82) is 0 Å². The van der Waals surface area contributed by atoms with Gasteiger partial charge in [-0.05, 0) is 43.0 Å². The van der Waals surface area contributed by atoms with Crippen LogP contribution >= 0.6 is 0 Å². The Morgan fingerprint density at radius 3 is 2.68 bits per heavy atom. The molecule has 1 atom stereocenters. The van der Waals surface area contributed by atoms with E-state index in [1.54, 1.807) is 6.08 Å². The Morgan fingerprint density at radius 2 is 2.05 bits per heavy atom. The largest absolute Gasteiger partial charge is 0.391 e. The first-order valence-corrected chi connectivity index (χ1v) is 8.13. The third-order valence-corrected chi connectivity index (χ3v) is 4.66. The van der Waals surface area contributed by atoms with Gasteiger partial charge in [-0.25, -0.2) is 0 Å². The van der Waals surface area contributed by atoms with Crippen LogP contribution in [0.5, 0.6) is 0 Å². The number of hydrogen-bond acceptors (Lipinski definition) is 3. The number of nitrogens with one attached hydrogen (secondary N) is 1. The van der Waals surface area contributed by atoms with Gasteiger partial charge in [0.05, 0.1) is 6.10 Å². The molecule has 1 unspecified atom stereocenters. The molecule has 1 aromatic carbocycles. The van der Waals surface area contributed by atoms with Crippen molar-refractivity contribution in [1.82, 2.24) is 10.2 Å². The Kier molecular flexibility index (Phi) is 4.90. The second-order valence-corrected chi connectivity index (χ2v) is 6.36. The predicted octanol–water partition coefficient (Wildman–Crippen LogP) is 1.36. The maximum Gasteiger partial charge on any atom is 0.244 e. The minimum atomic E-state index is -0.545. The number of aliphatic hydroxyl groups is 1. The smallest absolute Gasteiger partial charge is 0.244 e. The van der Waals surface area contributed by atoms with Crippen LogP contribution in [0.3, 0.4) is 0 Å². The van der Waals surface area contributed by atoms with Gasteiger partial charge in [0.2, 0.25) is 5.91 Å². The lowest BCUT2D eigenvalue weighted by atomic mass is 9.83. The Morgan fingerprint density at radius 1 is 1.32 bits per heavy atom. The van der Waals surface area contributed by atoms with E-state index in [0.29, 0.717) is 18.9 Å². The molecule has 4 heteroatoms. The van der Waals surface area contributed by atoms with Crippen LogP contribution in [0, 0.1) is 5.92 Å². The lowest BCUT2D eigenvalue weighted by Crippen LogP contribution is -2.43. The van der Waals surface area contributed by atoms with Crippen molar-refractivity contribution in [3.05, 3.63) is 47.5 Å². The summed E-state index contributed by atoms with van der Waals surface area (Å²) in [6, 6.07) is 9.84. The van der Waals surface area contributed by atoms with Gasteiger partial charge >= 0.3 is 0 Å². The van der Waals surface area contributed by atoms with Gasteiger partial charge in [-0.1, -0.05) is 30.3 Å². The summed E-state index contributed by atoms with van der Waals surface area (Å²) in [5.41, 5.74) is 2.34. The van der Waals surface area contributed by atoms with Crippen molar-refractivity contribution < 1.29 is 9.90 Å². The van der Waals surface area contributed by atoms with Gasteiger partial charge in [-0.2, -0.15) is 0 Å². The summed E-state index contributed by atoms with van der Waals surface area (Å²) in [6.45, 7) is 3.56. The first-order valence-electron chi connectivity index (χ1n) is 8.13. The number of benzene rings is 1. The van der Waals surface area contributed by atoms with E-state index in [1.807, 2.05) is 30.3 Å². The Hall–Kier alpha value is -1.65. The summed E-state index contributed by atoms with van der Waals surface area (Å²) in [5.74, 6) is 0.515. The monoisotopic (exact) mass is 300 g/mol. The van der Waals surface area contributed by atoms with E-state index in [1.165, 1.54) is 31.5 Å². The van der Waals surface area contributed by atoms with E-state index in [2.05, 4.69) is 10.2 Å². The molecule has 3 fully saturated rings. The maximum atomic E-state index is 12.0. The number of hydrogen-bond donors (Lipinski definition) is 2. The highest BCUT2D eigenvalue weighted by atomic mass is 16.3. The second-order valence-electron chi connectivity index (χ2n) is 6.36.